The van der Waals surface area contributed by atoms with E-state index in [2.05, 4.69) is 5.32 Å². The Kier molecular flexibility index (Phi) is 9.47. The topological polar surface area (TPSA) is 125 Å². The van der Waals surface area contributed by atoms with Crippen LogP contribution >= 0.6 is 24.0 Å². The summed E-state index contributed by atoms with van der Waals surface area (Å²) >= 11 is 6.40. The van der Waals surface area contributed by atoms with E-state index in [0.29, 0.717) is 10.6 Å². The molecule has 0 radical (unpaired) electrons. The fourth-order valence-electron chi connectivity index (χ4n) is 2.72. The van der Waals surface area contributed by atoms with E-state index < -0.39 is 36.6 Å². The largest absolute Gasteiger partial charge is 0.462 e. The van der Waals surface area contributed by atoms with E-state index in [1.807, 2.05) is 37.3 Å². The number of thioether (sulfide) groups is 1. The maximum Gasteiger partial charge on any atom is 0.316 e. The zero-order valence-corrected chi connectivity index (χ0v) is 17.5. The molecule has 1 saturated heterocycles. The lowest BCUT2D eigenvalue weighted by molar-refractivity contribution is -0.255. The molecule has 10 heteroatoms. The molecule has 5 atom stereocenters. The molecular weight excluding hydrogens is 418 g/mol. The van der Waals surface area contributed by atoms with Crippen molar-refractivity contribution in [1.82, 2.24) is 5.32 Å². The van der Waals surface area contributed by atoms with Gasteiger partial charge in [0.05, 0.1) is 9.95 Å². The molecular formula is C19H25NO7S2. The number of ether oxygens (including phenoxy) is 2. The van der Waals surface area contributed by atoms with E-state index in [9.17, 15) is 24.9 Å². The fourth-order valence-corrected chi connectivity index (χ4v) is 3.67. The molecule has 0 aliphatic carbocycles. The molecule has 1 aromatic carbocycles. The number of thiocarbonyl (C=S) groups is 1. The molecule has 8 nitrogen and oxygen atoms in total. The van der Waals surface area contributed by atoms with Crippen LogP contribution in [0, 0.1) is 0 Å². The number of hydrogen-bond donors (Lipinski definition) is 4. The monoisotopic (exact) mass is 443 g/mol. The van der Waals surface area contributed by atoms with E-state index in [1.54, 1.807) is 0 Å². The third-order valence-electron chi connectivity index (χ3n) is 4.26. The third-order valence-corrected chi connectivity index (χ3v) is 5.73. The van der Waals surface area contributed by atoms with Gasteiger partial charge in [0, 0.05) is 6.42 Å². The van der Waals surface area contributed by atoms with E-state index in [4.69, 9.17) is 21.7 Å². The number of carbonyl (C=O) groups excluding carboxylic acids is 2. The van der Waals surface area contributed by atoms with Crippen LogP contribution in [0.5, 0.6) is 0 Å². The number of aliphatic hydroxyl groups is 3. The maximum atomic E-state index is 12.0. The standard InChI is InChI=1S/C19H25NO7S2/c1-2-6-13(21)20-15-17(24)16(23)12(27-18(15)25)9-26-14(22)10-29-19(28)11-7-4-3-5-8-11/h3-5,7-8,12,15-18,23-25H,2,6,9-10H2,1H3,(H,20,21)/t12-,15-,16-,17-,18?/m1/s1. The molecule has 1 aliphatic rings. The SMILES string of the molecule is CCCC(=O)N[C@H]1C(O)O[C@H](COC(=O)CSC(=S)c2ccccc2)[C@@H](O)[C@@H]1O. The highest BCUT2D eigenvalue weighted by Crippen LogP contribution is 2.21. The number of aliphatic hydroxyl groups excluding tert-OH is 3. The smallest absolute Gasteiger partial charge is 0.316 e. The predicted molar refractivity (Wildman–Crippen MR) is 111 cm³/mol. The number of benzene rings is 1. The molecule has 1 heterocycles. The molecule has 1 amide bonds. The number of rotatable bonds is 8. The van der Waals surface area contributed by atoms with Crippen molar-refractivity contribution in [1.29, 1.82) is 0 Å². The Bertz CT molecular complexity index is 703. The van der Waals surface area contributed by atoms with Crippen LogP contribution in [0.2, 0.25) is 0 Å². The summed E-state index contributed by atoms with van der Waals surface area (Å²) in [5.41, 5.74) is 0.828. The second-order valence-corrected chi connectivity index (χ2v) is 8.17. The molecule has 0 aromatic heterocycles. The second kappa shape index (κ2) is 11.6. The van der Waals surface area contributed by atoms with Crippen LogP contribution in [0.25, 0.3) is 0 Å². The van der Waals surface area contributed by atoms with Crippen LogP contribution < -0.4 is 5.32 Å². The first-order valence-corrected chi connectivity index (χ1v) is 10.6. The number of hydrogen-bond acceptors (Lipinski definition) is 9. The quantitative estimate of drug-likeness (QED) is 0.333. The molecule has 29 heavy (non-hydrogen) atoms. The van der Waals surface area contributed by atoms with E-state index in [-0.39, 0.29) is 24.7 Å². The van der Waals surface area contributed by atoms with Gasteiger partial charge in [-0.3, -0.25) is 9.59 Å². The van der Waals surface area contributed by atoms with Gasteiger partial charge < -0.3 is 30.1 Å². The minimum absolute atomic E-state index is 0.0304. The van der Waals surface area contributed by atoms with Crippen molar-refractivity contribution in [3.8, 4) is 0 Å². The average Bonchev–Trinajstić information content (AvgIpc) is 2.71. The van der Waals surface area contributed by atoms with Gasteiger partial charge in [-0.1, -0.05) is 49.5 Å². The van der Waals surface area contributed by atoms with Crippen molar-refractivity contribution in [2.75, 3.05) is 12.4 Å². The predicted octanol–water partition coefficient (Wildman–Crippen LogP) is 0.362. The zero-order valence-electron chi connectivity index (χ0n) is 15.9. The lowest BCUT2D eigenvalue weighted by Crippen LogP contribution is -2.64. The number of esters is 1. The van der Waals surface area contributed by atoms with Gasteiger partial charge in [-0.2, -0.15) is 0 Å². The molecule has 2 rings (SSSR count). The van der Waals surface area contributed by atoms with Gasteiger partial charge in [-0.05, 0) is 12.0 Å². The molecule has 160 valence electrons. The summed E-state index contributed by atoms with van der Waals surface area (Å²) in [5.74, 6) is -0.980. The minimum Gasteiger partial charge on any atom is -0.462 e. The summed E-state index contributed by atoms with van der Waals surface area (Å²) in [6, 6.07) is 8.06. The highest BCUT2D eigenvalue weighted by molar-refractivity contribution is 8.24. The van der Waals surface area contributed by atoms with Gasteiger partial charge >= 0.3 is 5.97 Å². The molecule has 0 spiro atoms. The Labute approximate surface area is 178 Å². The van der Waals surface area contributed by atoms with Gasteiger partial charge in [-0.15, -0.1) is 11.8 Å². The van der Waals surface area contributed by atoms with Crippen molar-refractivity contribution in [2.24, 2.45) is 0 Å². The summed E-state index contributed by atoms with van der Waals surface area (Å²) in [6.07, 6.45) is -4.78. The van der Waals surface area contributed by atoms with Gasteiger partial charge in [0.15, 0.2) is 6.29 Å². The lowest BCUT2D eigenvalue weighted by atomic mass is 9.97. The number of nitrogens with one attached hydrogen (secondary N) is 1. The molecule has 1 unspecified atom stereocenters. The Morgan fingerprint density at radius 3 is 2.55 bits per heavy atom. The average molecular weight is 444 g/mol. The Morgan fingerprint density at radius 2 is 1.90 bits per heavy atom. The normalized spacial score (nSPS) is 26.6. The first-order valence-electron chi connectivity index (χ1n) is 9.20. The number of carbonyl (C=O) groups is 2. The van der Waals surface area contributed by atoms with Crippen molar-refractivity contribution in [3.63, 3.8) is 0 Å². The molecule has 1 aliphatic heterocycles. The Morgan fingerprint density at radius 1 is 1.21 bits per heavy atom. The van der Waals surface area contributed by atoms with Gasteiger partial charge in [-0.25, -0.2) is 0 Å². The Hall–Kier alpha value is -1.56. The van der Waals surface area contributed by atoms with Crippen molar-refractivity contribution < 1.29 is 34.4 Å². The summed E-state index contributed by atoms with van der Waals surface area (Å²) < 4.78 is 10.9. The zero-order chi connectivity index (χ0) is 21.4. The van der Waals surface area contributed by atoms with E-state index in [1.165, 1.54) is 0 Å². The fraction of sp³-hybridized carbons (Fsp3) is 0.526. The van der Waals surface area contributed by atoms with E-state index >= 15 is 0 Å². The Balaban J connectivity index is 1.79. The van der Waals surface area contributed by atoms with Crippen LogP contribution in [-0.2, 0) is 19.1 Å². The minimum atomic E-state index is -1.54. The summed E-state index contributed by atoms with van der Waals surface area (Å²) in [4.78, 5) is 23.6. The summed E-state index contributed by atoms with van der Waals surface area (Å²) in [5, 5.41) is 32.9. The first kappa shape index (κ1) is 23.7. The summed E-state index contributed by atoms with van der Waals surface area (Å²) in [7, 11) is 0. The van der Waals surface area contributed by atoms with Crippen LogP contribution in [-0.4, -0.2) is 74.4 Å². The van der Waals surface area contributed by atoms with Crippen molar-refractivity contribution in [3.05, 3.63) is 35.9 Å². The van der Waals surface area contributed by atoms with Crippen molar-refractivity contribution in [2.45, 2.75) is 50.4 Å². The van der Waals surface area contributed by atoms with Crippen molar-refractivity contribution >= 4 is 40.1 Å². The highest BCUT2D eigenvalue weighted by Gasteiger charge is 2.44. The van der Waals surface area contributed by atoms with Crippen LogP contribution in [0.4, 0.5) is 0 Å². The molecule has 1 fully saturated rings. The van der Waals surface area contributed by atoms with Crippen LogP contribution in [0.15, 0.2) is 30.3 Å². The molecule has 4 N–H and O–H groups in total. The van der Waals surface area contributed by atoms with Crippen LogP contribution in [0.1, 0.15) is 25.3 Å². The third kappa shape index (κ3) is 7.02. The second-order valence-electron chi connectivity index (χ2n) is 6.51. The number of amides is 1. The molecule has 0 bridgehead atoms. The summed E-state index contributed by atoms with van der Waals surface area (Å²) in [6.45, 7) is 1.45. The maximum absolute atomic E-state index is 12.0. The van der Waals surface area contributed by atoms with Gasteiger partial charge in [0.2, 0.25) is 5.91 Å². The first-order chi connectivity index (χ1) is 13.8. The molecule has 1 aromatic rings. The lowest BCUT2D eigenvalue weighted by Gasteiger charge is -2.40. The van der Waals surface area contributed by atoms with Gasteiger partial charge in [0.25, 0.3) is 0 Å². The molecule has 0 saturated carbocycles. The van der Waals surface area contributed by atoms with Gasteiger partial charge in [0.1, 0.15) is 31.0 Å². The van der Waals surface area contributed by atoms with Crippen LogP contribution in [0.3, 0.4) is 0 Å². The van der Waals surface area contributed by atoms with E-state index in [0.717, 1.165) is 17.3 Å². The highest BCUT2D eigenvalue weighted by atomic mass is 32.2.